The van der Waals surface area contributed by atoms with Gasteiger partial charge < -0.3 is 14.8 Å². The van der Waals surface area contributed by atoms with Crippen molar-refractivity contribution in [2.45, 2.75) is 32.2 Å². The zero-order valence-electron chi connectivity index (χ0n) is 8.56. The Morgan fingerprint density at radius 1 is 1.67 bits per heavy atom. The Hall–Kier alpha value is -1.52. The molecule has 0 saturated heterocycles. The third-order valence-electron chi connectivity index (χ3n) is 2.75. The Kier molecular flexibility index (Phi) is 2.62. The van der Waals surface area contributed by atoms with Gasteiger partial charge in [0.1, 0.15) is 6.26 Å². The quantitative estimate of drug-likeness (QED) is 0.797. The number of hydrogen-bond acceptors (Lipinski definition) is 4. The Bertz CT molecular complexity index is 361. The van der Waals surface area contributed by atoms with E-state index in [0.717, 1.165) is 25.0 Å². The van der Waals surface area contributed by atoms with Gasteiger partial charge in [0.05, 0.1) is 0 Å². The number of aromatic carboxylic acids is 1. The van der Waals surface area contributed by atoms with E-state index >= 15 is 0 Å². The minimum Gasteiger partial charge on any atom is -0.476 e. The summed E-state index contributed by atoms with van der Waals surface area (Å²) in [6.45, 7) is 2.21. The molecule has 1 aliphatic carbocycles. The number of aromatic nitrogens is 1. The maximum Gasteiger partial charge on any atom is 0.357 e. The van der Waals surface area contributed by atoms with E-state index in [2.05, 4.69) is 17.2 Å². The van der Waals surface area contributed by atoms with Crippen molar-refractivity contribution in [2.24, 2.45) is 5.92 Å². The zero-order valence-corrected chi connectivity index (χ0v) is 8.56. The van der Waals surface area contributed by atoms with Crippen LogP contribution in [0, 0.1) is 5.92 Å². The van der Waals surface area contributed by atoms with Crippen LogP contribution in [0.3, 0.4) is 0 Å². The van der Waals surface area contributed by atoms with Crippen molar-refractivity contribution in [1.29, 1.82) is 0 Å². The normalized spacial score (nSPS) is 25.4. The van der Waals surface area contributed by atoms with E-state index in [1.807, 2.05) is 0 Å². The SMILES string of the molecule is CC1CCC(Nc2nc(C(=O)O)co2)C1. The Balaban J connectivity index is 1.96. The summed E-state index contributed by atoms with van der Waals surface area (Å²) in [6, 6.07) is 0.673. The van der Waals surface area contributed by atoms with Gasteiger partial charge in [0.2, 0.25) is 0 Å². The van der Waals surface area contributed by atoms with Crippen molar-refractivity contribution in [3.8, 4) is 0 Å². The van der Waals surface area contributed by atoms with Gasteiger partial charge in [-0.25, -0.2) is 4.79 Å². The number of nitrogens with one attached hydrogen (secondary N) is 1. The molecule has 5 nitrogen and oxygen atoms in total. The molecule has 1 aromatic rings. The highest BCUT2D eigenvalue weighted by Crippen LogP contribution is 2.27. The van der Waals surface area contributed by atoms with Crippen LogP contribution in [0.5, 0.6) is 0 Å². The fourth-order valence-electron chi connectivity index (χ4n) is 1.95. The van der Waals surface area contributed by atoms with Gasteiger partial charge in [0.25, 0.3) is 6.01 Å². The van der Waals surface area contributed by atoms with Gasteiger partial charge in [-0.2, -0.15) is 4.98 Å². The second kappa shape index (κ2) is 3.92. The number of rotatable bonds is 3. The van der Waals surface area contributed by atoms with E-state index in [1.54, 1.807) is 0 Å². The van der Waals surface area contributed by atoms with Crippen molar-refractivity contribution in [2.75, 3.05) is 5.32 Å². The second-order valence-corrected chi connectivity index (χ2v) is 4.10. The molecule has 0 bridgehead atoms. The smallest absolute Gasteiger partial charge is 0.357 e. The molecule has 1 aromatic heterocycles. The number of carboxylic acids is 1. The molecule has 5 heteroatoms. The molecular formula is C10H14N2O3. The summed E-state index contributed by atoms with van der Waals surface area (Å²) in [7, 11) is 0. The van der Waals surface area contributed by atoms with Crippen molar-refractivity contribution in [3.63, 3.8) is 0 Å². The molecular weight excluding hydrogens is 196 g/mol. The number of anilines is 1. The number of carboxylic acid groups (broad SMARTS) is 1. The summed E-state index contributed by atoms with van der Waals surface area (Å²) in [6.07, 6.45) is 4.53. The van der Waals surface area contributed by atoms with Crippen LogP contribution in [-0.4, -0.2) is 22.1 Å². The van der Waals surface area contributed by atoms with Crippen molar-refractivity contribution in [3.05, 3.63) is 12.0 Å². The molecule has 82 valence electrons. The van der Waals surface area contributed by atoms with Crippen LogP contribution >= 0.6 is 0 Å². The Morgan fingerprint density at radius 2 is 2.47 bits per heavy atom. The lowest BCUT2D eigenvalue weighted by molar-refractivity contribution is 0.0690. The third kappa shape index (κ3) is 2.29. The molecule has 0 aromatic carbocycles. The molecule has 0 radical (unpaired) electrons. The van der Waals surface area contributed by atoms with Gasteiger partial charge in [-0.3, -0.25) is 0 Å². The fraction of sp³-hybridized carbons (Fsp3) is 0.600. The van der Waals surface area contributed by atoms with E-state index in [0.29, 0.717) is 12.1 Å². The summed E-state index contributed by atoms with van der Waals surface area (Å²) in [5, 5.41) is 11.8. The zero-order chi connectivity index (χ0) is 10.8. The number of hydrogen-bond donors (Lipinski definition) is 2. The highest BCUT2D eigenvalue weighted by molar-refractivity contribution is 5.85. The fourth-order valence-corrected chi connectivity index (χ4v) is 1.95. The van der Waals surface area contributed by atoms with Gasteiger partial charge >= 0.3 is 5.97 Å². The molecule has 2 rings (SSSR count). The highest BCUT2D eigenvalue weighted by Gasteiger charge is 2.22. The molecule has 1 saturated carbocycles. The topological polar surface area (TPSA) is 75.4 Å². The van der Waals surface area contributed by atoms with Crippen LogP contribution in [0.1, 0.15) is 36.7 Å². The molecule has 1 aliphatic rings. The van der Waals surface area contributed by atoms with E-state index in [1.165, 1.54) is 6.42 Å². The lowest BCUT2D eigenvalue weighted by atomic mass is 10.1. The molecule has 1 heterocycles. The number of nitrogens with zero attached hydrogens (tertiary/aromatic N) is 1. The molecule has 15 heavy (non-hydrogen) atoms. The Labute approximate surface area is 87.5 Å². The van der Waals surface area contributed by atoms with Gasteiger partial charge in [-0.15, -0.1) is 0 Å². The van der Waals surface area contributed by atoms with E-state index in [4.69, 9.17) is 9.52 Å². The summed E-state index contributed by atoms with van der Waals surface area (Å²) < 4.78 is 5.02. The minimum atomic E-state index is -1.06. The summed E-state index contributed by atoms with van der Waals surface area (Å²) >= 11 is 0. The van der Waals surface area contributed by atoms with Gasteiger partial charge in [0.15, 0.2) is 5.69 Å². The molecule has 1 fully saturated rings. The lowest BCUT2D eigenvalue weighted by Gasteiger charge is -2.09. The third-order valence-corrected chi connectivity index (χ3v) is 2.75. The average molecular weight is 210 g/mol. The maximum absolute atomic E-state index is 10.6. The van der Waals surface area contributed by atoms with E-state index < -0.39 is 5.97 Å². The Morgan fingerprint density at radius 3 is 3.00 bits per heavy atom. The summed E-state index contributed by atoms with van der Waals surface area (Å²) in [5.74, 6) is -0.344. The van der Waals surface area contributed by atoms with Crippen LogP contribution in [0.15, 0.2) is 10.7 Å². The molecule has 2 atom stereocenters. The monoisotopic (exact) mass is 210 g/mol. The average Bonchev–Trinajstić information content (AvgIpc) is 2.76. The second-order valence-electron chi connectivity index (χ2n) is 4.10. The highest BCUT2D eigenvalue weighted by atomic mass is 16.4. The van der Waals surface area contributed by atoms with Crippen LogP contribution in [-0.2, 0) is 0 Å². The first kappa shape index (κ1) is 10.0. The van der Waals surface area contributed by atoms with Crippen LogP contribution in [0.2, 0.25) is 0 Å². The van der Waals surface area contributed by atoms with Gasteiger partial charge in [-0.05, 0) is 25.2 Å². The molecule has 2 N–H and O–H groups in total. The minimum absolute atomic E-state index is 0.0523. The van der Waals surface area contributed by atoms with E-state index in [-0.39, 0.29) is 5.69 Å². The molecule has 0 spiro atoms. The van der Waals surface area contributed by atoms with Crippen LogP contribution in [0.4, 0.5) is 6.01 Å². The first-order valence-electron chi connectivity index (χ1n) is 5.10. The van der Waals surface area contributed by atoms with Crippen molar-refractivity contribution in [1.82, 2.24) is 4.98 Å². The van der Waals surface area contributed by atoms with Crippen LogP contribution < -0.4 is 5.32 Å². The molecule has 2 unspecified atom stereocenters. The standard InChI is InChI=1S/C10H14N2O3/c1-6-2-3-7(4-6)11-10-12-8(5-15-10)9(13)14/h5-7H,2-4H2,1H3,(H,11,12)(H,13,14). The molecule has 0 amide bonds. The first-order chi connectivity index (χ1) is 7.15. The number of oxazole rings is 1. The van der Waals surface area contributed by atoms with Gasteiger partial charge in [0, 0.05) is 6.04 Å². The first-order valence-corrected chi connectivity index (χ1v) is 5.10. The molecule has 0 aliphatic heterocycles. The lowest BCUT2D eigenvalue weighted by Crippen LogP contribution is -2.15. The van der Waals surface area contributed by atoms with Gasteiger partial charge in [-0.1, -0.05) is 6.92 Å². The predicted molar refractivity (Wildman–Crippen MR) is 53.9 cm³/mol. The summed E-state index contributed by atoms with van der Waals surface area (Å²) in [5.41, 5.74) is -0.0523. The van der Waals surface area contributed by atoms with Crippen molar-refractivity contribution < 1.29 is 14.3 Å². The number of carbonyl (C=O) groups is 1. The summed E-state index contributed by atoms with van der Waals surface area (Å²) in [4.78, 5) is 14.4. The van der Waals surface area contributed by atoms with E-state index in [9.17, 15) is 4.79 Å². The van der Waals surface area contributed by atoms with Crippen molar-refractivity contribution >= 4 is 12.0 Å². The maximum atomic E-state index is 10.6. The van der Waals surface area contributed by atoms with Crippen LogP contribution in [0.25, 0.3) is 0 Å². The predicted octanol–water partition coefficient (Wildman–Crippen LogP) is 1.97. The largest absolute Gasteiger partial charge is 0.476 e.